The smallest absolute Gasteiger partial charge is 0.338 e. The number of rotatable bonds is 8. The number of non-ortho nitro benzene ring substituents is 1. The van der Waals surface area contributed by atoms with E-state index in [4.69, 9.17) is 4.74 Å². The van der Waals surface area contributed by atoms with Crippen LogP contribution in [0.5, 0.6) is 0 Å². The molecule has 1 amide bonds. The van der Waals surface area contributed by atoms with Crippen molar-refractivity contribution < 1.29 is 19.2 Å². The summed E-state index contributed by atoms with van der Waals surface area (Å²) in [5.74, 6) is -1.10. The third kappa shape index (κ3) is 5.69. The number of nitro groups is 1. The summed E-state index contributed by atoms with van der Waals surface area (Å²) in [7, 11) is 0. The SMILES string of the molecule is CC(C)N(C(=O)COC(=O)c1ccc([N+](=O)[O-])cc1)c1ccc(Nc2ccccc2)cc1. The van der Waals surface area contributed by atoms with Crippen LogP contribution in [0.25, 0.3) is 0 Å². The van der Waals surface area contributed by atoms with Crippen LogP contribution in [0, 0.1) is 10.1 Å². The number of ether oxygens (including phenoxy) is 1. The Kier molecular flexibility index (Phi) is 7.17. The lowest BCUT2D eigenvalue weighted by atomic mass is 10.2. The van der Waals surface area contributed by atoms with Crippen LogP contribution in [0.4, 0.5) is 22.7 Å². The van der Waals surface area contributed by atoms with E-state index in [1.807, 2.05) is 68.4 Å². The fourth-order valence-electron chi connectivity index (χ4n) is 3.12. The molecule has 1 N–H and O–H groups in total. The van der Waals surface area contributed by atoms with Crippen LogP contribution in [0.2, 0.25) is 0 Å². The van der Waals surface area contributed by atoms with Gasteiger partial charge in [-0.2, -0.15) is 0 Å². The Morgan fingerprint density at radius 2 is 1.53 bits per heavy atom. The number of hydrogen-bond acceptors (Lipinski definition) is 6. The summed E-state index contributed by atoms with van der Waals surface area (Å²) in [6.07, 6.45) is 0. The van der Waals surface area contributed by atoms with Gasteiger partial charge in [0.25, 0.3) is 11.6 Å². The number of nitrogens with one attached hydrogen (secondary N) is 1. The lowest BCUT2D eigenvalue weighted by Crippen LogP contribution is -2.39. The molecule has 0 saturated heterocycles. The number of anilines is 3. The monoisotopic (exact) mass is 433 g/mol. The molecule has 0 atom stereocenters. The second-order valence-electron chi connectivity index (χ2n) is 7.28. The van der Waals surface area contributed by atoms with E-state index in [1.165, 1.54) is 24.3 Å². The molecule has 3 aromatic carbocycles. The zero-order valence-electron chi connectivity index (χ0n) is 17.7. The van der Waals surface area contributed by atoms with Crippen molar-refractivity contribution in [1.82, 2.24) is 0 Å². The van der Waals surface area contributed by atoms with Crippen LogP contribution in [0.1, 0.15) is 24.2 Å². The lowest BCUT2D eigenvalue weighted by Gasteiger charge is -2.27. The Labute approximate surface area is 185 Å². The number of nitrogens with zero attached hydrogens (tertiary/aromatic N) is 2. The molecule has 0 bridgehead atoms. The maximum Gasteiger partial charge on any atom is 0.338 e. The summed E-state index contributed by atoms with van der Waals surface area (Å²) < 4.78 is 5.13. The minimum absolute atomic E-state index is 0.131. The number of carbonyl (C=O) groups is 2. The molecule has 0 fully saturated rings. The summed E-state index contributed by atoms with van der Waals surface area (Å²) in [4.78, 5) is 36.7. The van der Waals surface area contributed by atoms with Gasteiger partial charge < -0.3 is 15.0 Å². The van der Waals surface area contributed by atoms with Gasteiger partial charge in [-0.25, -0.2) is 4.79 Å². The molecule has 0 unspecified atom stereocenters. The molecule has 0 saturated carbocycles. The minimum atomic E-state index is -0.723. The molecule has 8 heteroatoms. The number of esters is 1. The average molecular weight is 433 g/mol. The van der Waals surface area contributed by atoms with Gasteiger partial charge >= 0.3 is 5.97 Å². The van der Waals surface area contributed by atoms with E-state index >= 15 is 0 Å². The van der Waals surface area contributed by atoms with Gasteiger partial charge in [0, 0.05) is 35.2 Å². The Morgan fingerprint density at radius 3 is 2.09 bits per heavy atom. The highest BCUT2D eigenvalue weighted by molar-refractivity contribution is 5.97. The maximum absolute atomic E-state index is 12.8. The molecule has 0 spiro atoms. The van der Waals surface area contributed by atoms with Crippen LogP contribution in [-0.4, -0.2) is 29.4 Å². The maximum atomic E-state index is 12.8. The highest BCUT2D eigenvalue weighted by atomic mass is 16.6. The highest BCUT2D eigenvalue weighted by Gasteiger charge is 2.21. The average Bonchev–Trinajstić information content (AvgIpc) is 2.79. The predicted molar refractivity (Wildman–Crippen MR) is 122 cm³/mol. The largest absolute Gasteiger partial charge is 0.452 e. The molecule has 0 aliphatic rings. The quantitative estimate of drug-likeness (QED) is 0.307. The Hall–Kier alpha value is -4.20. The third-order valence-corrected chi connectivity index (χ3v) is 4.63. The molecule has 0 heterocycles. The molecular weight excluding hydrogens is 410 g/mol. The summed E-state index contributed by atoms with van der Waals surface area (Å²) >= 11 is 0. The number of para-hydroxylation sites is 1. The number of nitro benzene ring substituents is 1. The van der Waals surface area contributed by atoms with Crippen LogP contribution in [-0.2, 0) is 9.53 Å². The lowest BCUT2D eigenvalue weighted by molar-refractivity contribution is -0.384. The predicted octanol–water partition coefficient (Wildman–Crippen LogP) is 4.94. The van der Waals surface area contributed by atoms with Crippen molar-refractivity contribution in [2.75, 3.05) is 16.8 Å². The highest BCUT2D eigenvalue weighted by Crippen LogP contribution is 2.23. The second-order valence-corrected chi connectivity index (χ2v) is 7.28. The third-order valence-electron chi connectivity index (χ3n) is 4.63. The van der Waals surface area contributed by atoms with Crippen LogP contribution in [0.3, 0.4) is 0 Å². The zero-order valence-corrected chi connectivity index (χ0v) is 17.7. The van der Waals surface area contributed by atoms with Gasteiger partial charge in [0.2, 0.25) is 0 Å². The van der Waals surface area contributed by atoms with E-state index in [-0.39, 0.29) is 23.2 Å². The van der Waals surface area contributed by atoms with Crippen molar-refractivity contribution >= 4 is 34.6 Å². The molecule has 0 radical (unpaired) electrons. The molecule has 0 aliphatic carbocycles. The van der Waals surface area contributed by atoms with E-state index in [2.05, 4.69) is 5.32 Å². The van der Waals surface area contributed by atoms with Crippen molar-refractivity contribution in [3.05, 3.63) is 94.5 Å². The normalized spacial score (nSPS) is 10.5. The molecule has 164 valence electrons. The summed E-state index contributed by atoms with van der Waals surface area (Å²) in [6.45, 7) is 3.29. The number of carbonyl (C=O) groups excluding carboxylic acids is 2. The van der Waals surface area contributed by atoms with Crippen molar-refractivity contribution in [2.45, 2.75) is 19.9 Å². The first-order valence-electron chi connectivity index (χ1n) is 10.0. The first kappa shape index (κ1) is 22.5. The molecule has 32 heavy (non-hydrogen) atoms. The molecule has 3 rings (SSSR count). The van der Waals surface area contributed by atoms with Crippen molar-refractivity contribution in [2.24, 2.45) is 0 Å². The van der Waals surface area contributed by atoms with Crippen LogP contribution in [0.15, 0.2) is 78.9 Å². The van der Waals surface area contributed by atoms with E-state index < -0.39 is 17.5 Å². The summed E-state index contributed by atoms with van der Waals surface area (Å²) in [5, 5.41) is 14.0. The van der Waals surface area contributed by atoms with E-state index in [1.54, 1.807) is 4.90 Å². The first-order valence-corrected chi connectivity index (χ1v) is 10.0. The fraction of sp³-hybridized carbons (Fsp3) is 0.167. The molecule has 0 aromatic heterocycles. The van der Waals surface area contributed by atoms with Gasteiger partial charge in [-0.15, -0.1) is 0 Å². The minimum Gasteiger partial charge on any atom is -0.452 e. The Balaban J connectivity index is 1.63. The van der Waals surface area contributed by atoms with Crippen molar-refractivity contribution in [1.29, 1.82) is 0 Å². The van der Waals surface area contributed by atoms with Crippen LogP contribution < -0.4 is 10.2 Å². The Morgan fingerprint density at radius 1 is 0.938 bits per heavy atom. The van der Waals surface area contributed by atoms with Gasteiger partial charge in [0.15, 0.2) is 6.61 Å². The van der Waals surface area contributed by atoms with Gasteiger partial charge in [0.05, 0.1) is 10.5 Å². The van der Waals surface area contributed by atoms with Gasteiger partial charge in [-0.05, 0) is 62.4 Å². The van der Waals surface area contributed by atoms with Gasteiger partial charge in [0.1, 0.15) is 0 Å². The number of hydrogen-bond donors (Lipinski definition) is 1. The Bertz CT molecular complexity index is 1080. The number of amides is 1. The molecular formula is C24H23N3O5. The van der Waals surface area contributed by atoms with Gasteiger partial charge in [-0.3, -0.25) is 14.9 Å². The molecule has 8 nitrogen and oxygen atoms in total. The summed E-state index contributed by atoms with van der Waals surface area (Å²) in [6, 6.07) is 22.0. The van der Waals surface area contributed by atoms with Gasteiger partial charge in [-0.1, -0.05) is 18.2 Å². The second kappa shape index (κ2) is 10.2. The van der Waals surface area contributed by atoms with Crippen molar-refractivity contribution in [3.63, 3.8) is 0 Å². The van der Waals surface area contributed by atoms with E-state index in [9.17, 15) is 19.7 Å². The van der Waals surface area contributed by atoms with E-state index in [0.717, 1.165) is 11.4 Å². The fourth-order valence-corrected chi connectivity index (χ4v) is 3.12. The summed E-state index contributed by atoms with van der Waals surface area (Å²) in [5.41, 5.74) is 2.51. The standard InChI is InChI=1S/C24H23N3O5/c1-17(2)26(21-14-10-20(11-15-21)25-19-6-4-3-5-7-19)23(28)16-32-24(29)18-8-12-22(13-9-18)27(30)31/h3-15,17,25H,16H2,1-2H3. The van der Waals surface area contributed by atoms with E-state index in [0.29, 0.717) is 5.69 Å². The van der Waals surface area contributed by atoms with Crippen LogP contribution >= 0.6 is 0 Å². The first-order chi connectivity index (χ1) is 15.3. The topological polar surface area (TPSA) is 102 Å². The molecule has 0 aliphatic heterocycles. The molecule has 3 aromatic rings. The van der Waals surface area contributed by atoms with Crippen molar-refractivity contribution in [3.8, 4) is 0 Å². The zero-order chi connectivity index (χ0) is 23.1. The number of benzene rings is 3.